The molecule has 0 saturated carbocycles. The van der Waals surface area contributed by atoms with Gasteiger partial charge >= 0.3 is 0 Å². The van der Waals surface area contributed by atoms with Crippen molar-refractivity contribution in [3.05, 3.63) is 0 Å². The summed E-state index contributed by atoms with van der Waals surface area (Å²) < 4.78 is 5.22. The van der Waals surface area contributed by atoms with Gasteiger partial charge in [0.25, 0.3) is 0 Å². The van der Waals surface area contributed by atoms with Crippen molar-refractivity contribution in [3.63, 3.8) is 0 Å². The van der Waals surface area contributed by atoms with Crippen LogP contribution in [0.5, 0.6) is 0 Å². The summed E-state index contributed by atoms with van der Waals surface area (Å²) in [5.41, 5.74) is 0. The summed E-state index contributed by atoms with van der Waals surface area (Å²) in [4.78, 5) is 11.4. The maximum atomic E-state index is 11.4. The van der Waals surface area contributed by atoms with Crippen LogP contribution < -0.4 is 5.32 Å². The zero-order chi connectivity index (χ0) is 10.9. The Morgan fingerprint density at radius 1 is 1.40 bits per heavy atom. The van der Waals surface area contributed by atoms with Gasteiger partial charge in [-0.25, -0.2) is 0 Å². The lowest BCUT2D eigenvalue weighted by Gasteiger charge is -2.21. The number of nitrogens with one attached hydrogen (secondary N) is 1. The van der Waals surface area contributed by atoms with Gasteiger partial charge < -0.3 is 10.1 Å². The lowest BCUT2D eigenvalue weighted by Crippen LogP contribution is -2.28. The van der Waals surface area contributed by atoms with Crippen LogP contribution >= 0.6 is 0 Å². The van der Waals surface area contributed by atoms with E-state index in [-0.39, 0.29) is 5.78 Å². The fourth-order valence-electron chi connectivity index (χ4n) is 1.94. The Bertz CT molecular complexity index is 176. The van der Waals surface area contributed by atoms with Crippen molar-refractivity contribution in [2.75, 3.05) is 26.3 Å². The van der Waals surface area contributed by atoms with Crippen molar-refractivity contribution >= 4 is 5.78 Å². The summed E-state index contributed by atoms with van der Waals surface area (Å²) in [5.74, 6) is 1.02. The average Bonchev–Trinajstić information content (AvgIpc) is 2.28. The van der Waals surface area contributed by atoms with Crippen LogP contribution in [0.4, 0.5) is 0 Å². The van der Waals surface area contributed by atoms with E-state index in [9.17, 15) is 4.79 Å². The lowest BCUT2D eigenvalue weighted by atomic mass is 9.92. The van der Waals surface area contributed by atoms with Gasteiger partial charge in [-0.05, 0) is 44.7 Å². The molecule has 1 aliphatic rings. The van der Waals surface area contributed by atoms with E-state index in [0.717, 1.165) is 31.8 Å². The summed E-state index contributed by atoms with van der Waals surface area (Å²) >= 11 is 0. The highest BCUT2D eigenvalue weighted by atomic mass is 16.5. The number of ketones is 1. The second kappa shape index (κ2) is 7.83. The van der Waals surface area contributed by atoms with E-state index in [1.54, 1.807) is 0 Å². The Hall–Kier alpha value is -0.410. The first-order valence-corrected chi connectivity index (χ1v) is 6.13. The van der Waals surface area contributed by atoms with Crippen LogP contribution in [0.15, 0.2) is 0 Å². The van der Waals surface area contributed by atoms with E-state index >= 15 is 0 Å². The Kier molecular flexibility index (Phi) is 6.60. The number of rotatable bonds is 7. The van der Waals surface area contributed by atoms with Crippen LogP contribution in [0.2, 0.25) is 0 Å². The molecule has 1 aliphatic heterocycles. The van der Waals surface area contributed by atoms with Crippen LogP contribution in [0.1, 0.15) is 39.0 Å². The van der Waals surface area contributed by atoms with Gasteiger partial charge in [0.1, 0.15) is 6.61 Å². The molecule has 0 amide bonds. The van der Waals surface area contributed by atoms with Gasteiger partial charge in [0.15, 0.2) is 5.78 Å². The Balaban J connectivity index is 2.00. The molecule has 1 fully saturated rings. The Morgan fingerprint density at radius 3 is 2.80 bits per heavy atom. The van der Waals surface area contributed by atoms with Gasteiger partial charge in [-0.15, -0.1) is 0 Å². The smallest absolute Gasteiger partial charge is 0.158 e. The molecule has 0 aromatic carbocycles. The highest BCUT2D eigenvalue weighted by molar-refractivity contribution is 5.79. The molecular formula is C12H23NO2. The van der Waals surface area contributed by atoms with Crippen LogP contribution in [0, 0.1) is 5.92 Å². The molecule has 0 aromatic heterocycles. The molecule has 0 bridgehead atoms. The maximum absolute atomic E-state index is 11.4. The summed E-state index contributed by atoms with van der Waals surface area (Å²) in [6, 6.07) is 0. The van der Waals surface area contributed by atoms with Gasteiger partial charge in [-0.3, -0.25) is 4.79 Å². The molecule has 0 radical (unpaired) electrons. The standard InChI is InChI=1S/C12H23NO2/c1-2-9-15-10-12(14)4-3-11-5-7-13-8-6-11/h11,13H,2-10H2,1H3. The number of carbonyl (C=O) groups is 1. The van der Waals surface area contributed by atoms with E-state index in [1.165, 1.54) is 12.8 Å². The van der Waals surface area contributed by atoms with Crippen molar-refractivity contribution in [1.29, 1.82) is 0 Å². The number of ether oxygens (including phenoxy) is 1. The Labute approximate surface area is 92.6 Å². The minimum Gasteiger partial charge on any atom is -0.374 e. The quantitative estimate of drug-likeness (QED) is 0.655. The van der Waals surface area contributed by atoms with Crippen LogP contribution in [-0.4, -0.2) is 32.1 Å². The first kappa shape index (κ1) is 12.7. The van der Waals surface area contributed by atoms with Crippen molar-refractivity contribution in [2.24, 2.45) is 5.92 Å². The molecule has 3 nitrogen and oxygen atoms in total. The van der Waals surface area contributed by atoms with Crippen LogP contribution in [0.25, 0.3) is 0 Å². The first-order chi connectivity index (χ1) is 7.33. The molecule has 88 valence electrons. The predicted octanol–water partition coefficient (Wildman–Crippen LogP) is 1.76. The zero-order valence-electron chi connectivity index (χ0n) is 9.76. The zero-order valence-corrected chi connectivity index (χ0v) is 9.76. The SMILES string of the molecule is CCCOCC(=O)CCC1CCNCC1. The average molecular weight is 213 g/mol. The highest BCUT2D eigenvalue weighted by Crippen LogP contribution is 2.17. The second-order valence-electron chi connectivity index (χ2n) is 4.32. The fraction of sp³-hybridized carbons (Fsp3) is 0.917. The number of Topliss-reactive ketones (excluding diaryl/α,β-unsaturated/α-hetero) is 1. The minimum absolute atomic E-state index is 0.266. The number of piperidine rings is 1. The van der Waals surface area contributed by atoms with E-state index in [2.05, 4.69) is 12.2 Å². The largest absolute Gasteiger partial charge is 0.374 e. The lowest BCUT2D eigenvalue weighted by molar-refractivity contribution is -0.123. The maximum Gasteiger partial charge on any atom is 0.158 e. The van der Waals surface area contributed by atoms with Crippen LogP contribution in [-0.2, 0) is 9.53 Å². The van der Waals surface area contributed by atoms with Crippen molar-refractivity contribution in [2.45, 2.75) is 39.0 Å². The Morgan fingerprint density at radius 2 is 2.13 bits per heavy atom. The normalized spacial score (nSPS) is 17.9. The topological polar surface area (TPSA) is 38.3 Å². The summed E-state index contributed by atoms with van der Waals surface area (Å²) in [7, 11) is 0. The van der Waals surface area contributed by atoms with E-state index in [0.29, 0.717) is 19.6 Å². The van der Waals surface area contributed by atoms with E-state index in [1.807, 2.05) is 0 Å². The van der Waals surface area contributed by atoms with Gasteiger partial charge in [0.2, 0.25) is 0 Å². The molecule has 1 heterocycles. The van der Waals surface area contributed by atoms with Gasteiger partial charge in [0.05, 0.1) is 0 Å². The van der Waals surface area contributed by atoms with Crippen molar-refractivity contribution in [3.8, 4) is 0 Å². The number of hydrogen-bond acceptors (Lipinski definition) is 3. The van der Waals surface area contributed by atoms with Gasteiger partial charge in [-0.2, -0.15) is 0 Å². The molecule has 0 aliphatic carbocycles. The second-order valence-corrected chi connectivity index (χ2v) is 4.32. The molecular weight excluding hydrogens is 190 g/mol. The molecule has 0 atom stereocenters. The molecule has 1 N–H and O–H groups in total. The number of carbonyl (C=O) groups excluding carboxylic acids is 1. The summed E-state index contributed by atoms with van der Waals surface area (Å²) in [5, 5.41) is 3.33. The van der Waals surface area contributed by atoms with E-state index in [4.69, 9.17) is 4.74 Å². The highest BCUT2D eigenvalue weighted by Gasteiger charge is 2.14. The third-order valence-electron chi connectivity index (χ3n) is 2.90. The molecule has 0 unspecified atom stereocenters. The third kappa shape index (κ3) is 5.90. The third-order valence-corrected chi connectivity index (χ3v) is 2.90. The minimum atomic E-state index is 0.266. The summed E-state index contributed by atoms with van der Waals surface area (Å²) in [6.07, 6.45) is 5.19. The van der Waals surface area contributed by atoms with Crippen molar-refractivity contribution in [1.82, 2.24) is 5.32 Å². The number of hydrogen-bond donors (Lipinski definition) is 1. The molecule has 1 rings (SSSR count). The summed E-state index contributed by atoms with van der Waals surface area (Å²) in [6.45, 7) is 5.31. The molecule has 0 spiro atoms. The molecule has 1 saturated heterocycles. The van der Waals surface area contributed by atoms with E-state index < -0.39 is 0 Å². The van der Waals surface area contributed by atoms with Gasteiger partial charge in [0, 0.05) is 13.0 Å². The molecule has 0 aromatic rings. The molecule has 3 heteroatoms. The van der Waals surface area contributed by atoms with Gasteiger partial charge in [-0.1, -0.05) is 6.92 Å². The van der Waals surface area contributed by atoms with Crippen LogP contribution in [0.3, 0.4) is 0 Å². The van der Waals surface area contributed by atoms with Crippen molar-refractivity contribution < 1.29 is 9.53 Å². The predicted molar refractivity (Wildman–Crippen MR) is 60.9 cm³/mol. The fourth-order valence-corrected chi connectivity index (χ4v) is 1.94. The first-order valence-electron chi connectivity index (χ1n) is 6.13. The molecule has 15 heavy (non-hydrogen) atoms. The monoisotopic (exact) mass is 213 g/mol.